The fourth-order valence-corrected chi connectivity index (χ4v) is 4.80. The summed E-state index contributed by atoms with van der Waals surface area (Å²) in [7, 11) is 0. The van der Waals surface area contributed by atoms with Crippen molar-refractivity contribution < 1.29 is 26.3 Å². The molecule has 1 nitrogen and oxygen atoms in total. The number of hydrogen-bond donors (Lipinski definition) is 0. The summed E-state index contributed by atoms with van der Waals surface area (Å²) in [6.07, 6.45) is -9.13. The molecule has 1 aromatic heterocycles. The Hall–Kier alpha value is -2.23. The van der Waals surface area contributed by atoms with Crippen molar-refractivity contribution in [1.29, 1.82) is 0 Å². The van der Waals surface area contributed by atoms with Crippen LogP contribution in [0.3, 0.4) is 0 Å². The number of fused-ring (bicyclic) bond motifs is 3. The molecule has 0 spiro atoms. The molecule has 30 heavy (non-hydrogen) atoms. The molecule has 3 aromatic carbocycles. The van der Waals surface area contributed by atoms with E-state index in [1.54, 1.807) is 13.8 Å². The van der Waals surface area contributed by atoms with Gasteiger partial charge in [0, 0.05) is 14.3 Å². The number of benzene rings is 3. The first kappa shape index (κ1) is 21.0. The Labute approximate surface area is 181 Å². The normalized spacial score (nSPS) is 12.8. The number of alkyl halides is 6. The molecule has 4 rings (SSSR count). The van der Waals surface area contributed by atoms with Crippen molar-refractivity contribution in [1.82, 2.24) is 4.57 Å². The maximum Gasteiger partial charge on any atom is 0.416 e. The number of aromatic nitrogens is 1. The Balaban J connectivity index is 2.20. The molecule has 156 valence electrons. The third kappa shape index (κ3) is 3.44. The van der Waals surface area contributed by atoms with E-state index in [0.29, 0.717) is 16.5 Å². The molecule has 0 aliphatic carbocycles. The molecule has 4 aromatic rings. The van der Waals surface area contributed by atoms with Crippen LogP contribution in [0, 0.1) is 17.4 Å². The zero-order valence-electron chi connectivity index (χ0n) is 15.7. The average Bonchev–Trinajstić information content (AvgIpc) is 2.93. The van der Waals surface area contributed by atoms with Gasteiger partial charge in [-0.25, -0.2) is 0 Å². The Bertz CT molecular complexity index is 1200. The van der Waals surface area contributed by atoms with Crippen LogP contribution in [0.5, 0.6) is 0 Å². The van der Waals surface area contributed by atoms with Crippen LogP contribution < -0.4 is 0 Å². The second-order valence-corrected chi connectivity index (χ2v) is 8.43. The summed E-state index contributed by atoms with van der Waals surface area (Å²) in [5, 5.41) is 0.924. The van der Waals surface area contributed by atoms with Crippen LogP contribution in [0.1, 0.15) is 22.3 Å². The fourth-order valence-electron chi connectivity index (χ4n) is 3.87. The van der Waals surface area contributed by atoms with E-state index in [2.05, 4.69) is 22.6 Å². The highest BCUT2D eigenvalue weighted by atomic mass is 127. The minimum absolute atomic E-state index is 0.214. The van der Waals surface area contributed by atoms with Crippen molar-refractivity contribution in [2.24, 2.45) is 0 Å². The third-order valence-corrected chi connectivity index (χ3v) is 5.72. The summed E-state index contributed by atoms with van der Waals surface area (Å²) in [6.45, 7) is 3.59. The molecular formula is C22H14F6IN. The van der Waals surface area contributed by atoms with E-state index in [0.717, 1.165) is 39.0 Å². The van der Waals surface area contributed by atoms with E-state index < -0.39 is 23.5 Å². The molecule has 1 heterocycles. The standard InChI is InChI=1S/C22H14F6IN/c1-11-7-15(29)8-12(2)20(11)30-18-9-13(21(23,24)25)3-5-16(18)17-6-4-14(10-19(17)30)22(26,27)28/h3-10H,1-2H3. The zero-order chi connectivity index (χ0) is 22.0. The van der Waals surface area contributed by atoms with Crippen LogP contribution in [0.4, 0.5) is 26.3 Å². The maximum atomic E-state index is 13.4. The molecule has 8 heteroatoms. The van der Waals surface area contributed by atoms with E-state index in [4.69, 9.17) is 0 Å². The van der Waals surface area contributed by atoms with E-state index in [9.17, 15) is 26.3 Å². The molecule has 0 bridgehead atoms. The number of nitrogens with zero attached hydrogens (tertiary/aromatic N) is 1. The molecule has 0 radical (unpaired) electrons. The highest BCUT2D eigenvalue weighted by Crippen LogP contribution is 2.40. The summed E-state index contributed by atoms with van der Waals surface area (Å²) in [4.78, 5) is 0. The second kappa shape index (κ2) is 6.90. The predicted molar refractivity (Wildman–Crippen MR) is 113 cm³/mol. The van der Waals surface area contributed by atoms with Crippen molar-refractivity contribution in [3.8, 4) is 5.69 Å². The highest BCUT2D eigenvalue weighted by molar-refractivity contribution is 14.1. The zero-order valence-corrected chi connectivity index (χ0v) is 17.9. The number of halogens is 7. The first-order chi connectivity index (χ1) is 13.9. The first-order valence-electron chi connectivity index (χ1n) is 8.87. The molecule has 0 saturated carbocycles. The second-order valence-electron chi connectivity index (χ2n) is 7.18. The molecule has 0 N–H and O–H groups in total. The van der Waals surface area contributed by atoms with Gasteiger partial charge in [-0.1, -0.05) is 12.1 Å². The molecule has 0 aliphatic heterocycles. The lowest BCUT2D eigenvalue weighted by atomic mass is 10.1. The topological polar surface area (TPSA) is 4.93 Å². The van der Waals surface area contributed by atoms with E-state index in [-0.39, 0.29) is 11.0 Å². The van der Waals surface area contributed by atoms with Gasteiger partial charge in [0.2, 0.25) is 0 Å². The molecule has 0 atom stereocenters. The van der Waals surface area contributed by atoms with Crippen LogP contribution in [0.25, 0.3) is 27.5 Å². The summed E-state index contributed by atoms with van der Waals surface area (Å²) < 4.78 is 82.7. The van der Waals surface area contributed by atoms with Gasteiger partial charge in [0.25, 0.3) is 0 Å². The van der Waals surface area contributed by atoms with E-state index in [1.807, 2.05) is 12.1 Å². The monoisotopic (exact) mass is 533 g/mol. The van der Waals surface area contributed by atoms with Gasteiger partial charge in [-0.3, -0.25) is 0 Å². The average molecular weight is 533 g/mol. The van der Waals surface area contributed by atoms with Gasteiger partial charge < -0.3 is 4.57 Å². The number of hydrogen-bond acceptors (Lipinski definition) is 0. The van der Waals surface area contributed by atoms with Gasteiger partial charge >= 0.3 is 12.4 Å². The Morgan fingerprint density at radius 1 is 0.667 bits per heavy atom. The lowest BCUT2D eigenvalue weighted by Crippen LogP contribution is -2.07. The van der Waals surface area contributed by atoms with Crippen LogP contribution in [-0.2, 0) is 12.4 Å². The molecule has 0 unspecified atom stereocenters. The smallest absolute Gasteiger partial charge is 0.309 e. The van der Waals surface area contributed by atoms with Crippen molar-refractivity contribution in [3.05, 3.63) is 74.4 Å². The summed E-state index contributed by atoms with van der Waals surface area (Å²) in [5.41, 5.74) is 0.820. The Kier molecular flexibility index (Phi) is 4.83. The van der Waals surface area contributed by atoms with Crippen LogP contribution in [0.15, 0.2) is 48.5 Å². The molecule has 0 saturated heterocycles. The van der Waals surface area contributed by atoms with Crippen molar-refractivity contribution in [3.63, 3.8) is 0 Å². The summed E-state index contributed by atoms with van der Waals surface area (Å²) in [6, 6.07) is 10.3. The fraction of sp³-hybridized carbons (Fsp3) is 0.182. The summed E-state index contributed by atoms with van der Waals surface area (Å²) >= 11 is 2.13. The van der Waals surface area contributed by atoms with E-state index >= 15 is 0 Å². The minimum atomic E-state index is -4.57. The van der Waals surface area contributed by atoms with Crippen LogP contribution in [-0.4, -0.2) is 4.57 Å². The Morgan fingerprint density at radius 3 is 1.43 bits per heavy atom. The van der Waals surface area contributed by atoms with Crippen molar-refractivity contribution in [2.45, 2.75) is 26.2 Å². The summed E-state index contributed by atoms with van der Waals surface area (Å²) in [5.74, 6) is 0. The number of rotatable bonds is 1. The third-order valence-electron chi connectivity index (χ3n) is 5.10. The molecule has 0 aliphatic rings. The number of aryl methyl sites for hydroxylation is 2. The molecule has 0 fully saturated rings. The molecular weight excluding hydrogens is 519 g/mol. The maximum absolute atomic E-state index is 13.4. The van der Waals surface area contributed by atoms with Crippen molar-refractivity contribution >= 4 is 44.4 Å². The quantitative estimate of drug-likeness (QED) is 0.173. The van der Waals surface area contributed by atoms with Crippen LogP contribution >= 0.6 is 22.6 Å². The van der Waals surface area contributed by atoms with E-state index in [1.165, 1.54) is 16.7 Å². The lowest BCUT2D eigenvalue weighted by molar-refractivity contribution is -0.138. The van der Waals surface area contributed by atoms with Gasteiger partial charge in [-0.15, -0.1) is 0 Å². The SMILES string of the molecule is Cc1cc(I)cc(C)c1-n1c2cc(C(F)(F)F)ccc2c2ccc(C(F)(F)F)cc21. The van der Waals surface area contributed by atoms with Gasteiger partial charge in [-0.2, -0.15) is 26.3 Å². The molecule has 0 amide bonds. The Morgan fingerprint density at radius 2 is 1.07 bits per heavy atom. The van der Waals surface area contributed by atoms with Gasteiger partial charge in [0.05, 0.1) is 27.8 Å². The highest BCUT2D eigenvalue weighted by Gasteiger charge is 2.33. The van der Waals surface area contributed by atoms with Crippen LogP contribution in [0.2, 0.25) is 0 Å². The van der Waals surface area contributed by atoms with Gasteiger partial charge in [0.15, 0.2) is 0 Å². The van der Waals surface area contributed by atoms with Gasteiger partial charge in [0.1, 0.15) is 0 Å². The lowest BCUT2D eigenvalue weighted by Gasteiger charge is -2.16. The van der Waals surface area contributed by atoms with Crippen molar-refractivity contribution in [2.75, 3.05) is 0 Å². The first-order valence-corrected chi connectivity index (χ1v) is 9.95. The largest absolute Gasteiger partial charge is 0.416 e. The minimum Gasteiger partial charge on any atom is -0.309 e. The predicted octanol–water partition coefficient (Wildman–Crippen LogP) is 8.04. The van der Waals surface area contributed by atoms with Gasteiger partial charge in [-0.05, 0) is 84.0 Å².